The summed E-state index contributed by atoms with van der Waals surface area (Å²) in [5.74, 6) is -0.0464. The van der Waals surface area contributed by atoms with Crippen molar-refractivity contribution in [3.05, 3.63) is 76.8 Å². The Morgan fingerprint density at radius 3 is 2.24 bits per heavy atom. The fourth-order valence-electron chi connectivity index (χ4n) is 4.20. The maximum Gasteiger partial charge on any atom is 0.300 e. The zero-order chi connectivity index (χ0) is 24.6. The first-order chi connectivity index (χ1) is 16.3. The number of ketones is 1. The number of anilines is 1. The Morgan fingerprint density at radius 2 is 1.62 bits per heavy atom. The van der Waals surface area contributed by atoms with Crippen molar-refractivity contribution in [2.75, 3.05) is 26.2 Å². The summed E-state index contributed by atoms with van der Waals surface area (Å²) in [6.07, 6.45) is 1.45. The van der Waals surface area contributed by atoms with Gasteiger partial charge in [-0.3, -0.25) is 14.5 Å². The van der Waals surface area contributed by atoms with Crippen LogP contribution >= 0.6 is 0 Å². The summed E-state index contributed by atoms with van der Waals surface area (Å²) in [5.41, 5.74) is 2.22. The summed E-state index contributed by atoms with van der Waals surface area (Å²) >= 11 is 0. The molecular weight excluding hydrogens is 438 g/mol. The Morgan fingerprint density at radius 1 is 0.912 bits per heavy atom. The fraction of sp³-hybridized carbons (Fsp3) is 0.231. The predicted octanol–water partition coefficient (Wildman–Crippen LogP) is 4.55. The highest BCUT2D eigenvalue weighted by atomic mass is 16.5. The minimum Gasteiger partial charge on any atom is -0.507 e. The molecule has 8 heteroatoms. The van der Waals surface area contributed by atoms with Crippen LogP contribution in [0.2, 0.25) is 0 Å². The lowest BCUT2D eigenvalue weighted by atomic mass is 9.95. The van der Waals surface area contributed by atoms with Gasteiger partial charge in [-0.25, -0.2) is 0 Å². The quantitative estimate of drug-likeness (QED) is 0.325. The zero-order valence-corrected chi connectivity index (χ0v) is 19.5. The number of aryl methyl sites for hydroxylation is 2. The molecule has 0 aliphatic carbocycles. The molecule has 4 rings (SSSR count). The Bertz CT molecular complexity index is 1290. The van der Waals surface area contributed by atoms with Crippen molar-refractivity contribution >= 4 is 23.1 Å². The first kappa shape index (κ1) is 23.0. The van der Waals surface area contributed by atoms with Crippen LogP contribution < -0.4 is 19.1 Å². The molecule has 1 N–H and O–H groups in total. The molecule has 176 valence electrons. The molecule has 0 saturated carbocycles. The number of ether oxygens (including phenoxy) is 3. The molecule has 1 fully saturated rings. The molecule has 0 radical (unpaired) electrons. The third kappa shape index (κ3) is 3.67. The summed E-state index contributed by atoms with van der Waals surface area (Å²) in [6, 6.07) is 10.7. The lowest BCUT2D eigenvalue weighted by Crippen LogP contribution is -2.29. The molecule has 2 aromatic carbocycles. The predicted molar refractivity (Wildman–Crippen MR) is 126 cm³/mol. The number of hydrogen-bond donors (Lipinski definition) is 1. The smallest absolute Gasteiger partial charge is 0.300 e. The molecule has 34 heavy (non-hydrogen) atoms. The van der Waals surface area contributed by atoms with E-state index in [0.717, 1.165) is 5.56 Å². The van der Waals surface area contributed by atoms with Crippen LogP contribution in [0, 0.1) is 13.8 Å². The van der Waals surface area contributed by atoms with E-state index in [2.05, 4.69) is 0 Å². The Balaban J connectivity index is 1.93. The van der Waals surface area contributed by atoms with Crippen molar-refractivity contribution in [1.82, 2.24) is 0 Å². The van der Waals surface area contributed by atoms with Crippen LogP contribution in [0.1, 0.15) is 28.5 Å². The number of benzene rings is 2. The summed E-state index contributed by atoms with van der Waals surface area (Å²) in [5, 5.41) is 11.3. The normalized spacial score (nSPS) is 17.2. The third-order valence-electron chi connectivity index (χ3n) is 5.90. The van der Waals surface area contributed by atoms with Crippen molar-refractivity contribution in [2.24, 2.45) is 0 Å². The summed E-state index contributed by atoms with van der Waals surface area (Å²) in [4.78, 5) is 27.8. The number of nitrogens with zero attached hydrogens (tertiary/aromatic N) is 1. The van der Waals surface area contributed by atoms with E-state index < -0.39 is 17.7 Å². The van der Waals surface area contributed by atoms with E-state index in [4.69, 9.17) is 18.6 Å². The number of rotatable bonds is 6. The number of furan rings is 1. The third-order valence-corrected chi connectivity index (χ3v) is 5.90. The average molecular weight is 463 g/mol. The molecule has 0 bridgehead atoms. The van der Waals surface area contributed by atoms with Gasteiger partial charge in [0.25, 0.3) is 11.7 Å². The molecular formula is C26H25NO7. The highest BCUT2D eigenvalue weighted by Crippen LogP contribution is 2.44. The fourth-order valence-corrected chi connectivity index (χ4v) is 4.20. The van der Waals surface area contributed by atoms with Gasteiger partial charge < -0.3 is 23.7 Å². The molecule has 1 aromatic heterocycles. The molecule has 3 aromatic rings. The minimum atomic E-state index is -0.977. The van der Waals surface area contributed by atoms with Gasteiger partial charge in [0.1, 0.15) is 23.3 Å². The number of carbonyl (C=O) groups is 2. The molecule has 0 spiro atoms. The van der Waals surface area contributed by atoms with Crippen molar-refractivity contribution in [3.8, 4) is 17.2 Å². The topological polar surface area (TPSA) is 98.4 Å². The number of hydrogen-bond acceptors (Lipinski definition) is 7. The number of amides is 1. The summed E-state index contributed by atoms with van der Waals surface area (Å²) in [6.45, 7) is 3.63. The summed E-state index contributed by atoms with van der Waals surface area (Å²) in [7, 11) is 4.55. The molecule has 1 aliphatic rings. The lowest BCUT2D eigenvalue weighted by Gasteiger charge is -2.24. The molecule has 1 unspecified atom stereocenters. The van der Waals surface area contributed by atoms with Gasteiger partial charge in [0.2, 0.25) is 0 Å². The van der Waals surface area contributed by atoms with Crippen LogP contribution in [0.25, 0.3) is 5.76 Å². The molecule has 1 aliphatic heterocycles. The second kappa shape index (κ2) is 8.97. The van der Waals surface area contributed by atoms with E-state index in [0.29, 0.717) is 39.8 Å². The van der Waals surface area contributed by atoms with Gasteiger partial charge in [-0.2, -0.15) is 0 Å². The average Bonchev–Trinajstić information content (AvgIpc) is 3.46. The van der Waals surface area contributed by atoms with Crippen LogP contribution in [0.3, 0.4) is 0 Å². The van der Waals surface area contributed by atoms with Crippen molar-refractivity contribution in [1.29, 1.82) is 0 Å². The number of aliphatic hydroxyl groups is 1. The van der Waals surface area contributed by atoms with E-state index >= 15 is 0 Å². The number of carbonyl (C=O) groups excluding carboxylic acids is 2. The Labute approximate surface area is 197 Å². The molecule has 2 heterocycles. The molecule has 1 amide bonds. The molecule has 1 atom stereocenters. The minimum absolute atomic E-state index is 0.0672. The van der Waals surface area contributed by atoms with Crippen molar-refractivity contribution in [3.63, 3.8) is 0 Å². The largest absolute Gasteiger partial charge is 0.507 e. The molecule has 1 saturated heterocycles. The van der Waals surface area contributed by atoms with E-state index in [9.17, 15) is 14.7 Å². The number of Topliss-reactive ketones (excluding diaryl/α,β-unsaturated/α-hetero) is 1. The van der Waals surface area contributed by atoms with Gasteiger partial charge in [0, 0.05) is 17.3 Å². The van der Waals surface area contributed by atoms with Crippen LogP contribution in [0.5, 0.6) is 17.2 Å². The van der Waals surface area contributed by atoms with Crippen LogP contribution in [-0.4, -0.2) is 38.1 Å². The SMILES string of the molecule is COc1cc(C)c(/C(O)=C2/C(=O)C(=O)N(c3ccc(OC)c(OC)c3)C2c2ccco2)cc1C. The maximum atomic E-state index is 13.3. The van der Waals surface area contributed by atoms with Gasteiger partial charge in [-0.15, -0.1) is 0 Å². The van der Waals surface area contributed by atoms with E-state index in [1.807, 2.05) is 6.92 Å². The monoisotopic (exact) mass is 463 g/mol. The van der Waals surface area contributed by atoms with Gasteiger partial charge in [-0.05, 0) is 61.4 Å². The Kier molecular flexibility index (Phi) is 6.06. The number of methoxy groups -OCH3 is 3. The highest BCUT2D eigenvalue weighted by molar-refractivity contribution is 6.51. The summed E-state index contributed by atoms with van der Waals surface area (Å²) < 4.78 is 21.6. The van der Waals surface area contributed by atoms with Crippen LogP contribution in [0.15, 0.2) is 58.7 Å². The first-order valence-electron chi connectivity index (χ1n) is 10.5. The lowest BCUT2D eigenvalue weighted by molar-refractivity contribution is -0.132. The van der Waals surface area contributed by atoms with Gasteiger partial charge in [-0.1, -0.05) is 0 Å². The van der Waals surface area contributed by atoms with Crippen molar-refractivity contribution in [2.45, 2.75) is 19.9 Å². The second-order valence-electron chi connectivity index (χ2n) is 7.86. The van der Waals surface area contributed by atoms with E-state index in [1.54, 1.807) is 56.5 Å². The second-order valence-corrected chi connectivity index (χ2v) is 7.86. The van der Waals surface area contributed by atoms with E-state index in [-0.39, 0.29) is 11.3 Å². The zero-order valence-electron chi connectivity index (χ0n) is 19.5. The maximum absolute atomic E-state index is 13.3. The van der Waals surface area contributed by atoms with Crippen molar-refractivity contribution < 1.29 is 33.3 Å². The molecule has 8 nitrogen and oxygen atoms in total. The van der Waals surface area contributed by atoms with E-state index in [1.165, 1.54) is 25.4 Å². The van der Waals surface area contributed by atoms with Gasteiger partial charge in [0.05, 0.1) is 33.2 Å². The van der Waals surface area contributed by atoms with Gasteiger partial charge >= 0.3 is 0 Å². The van der Waals surface area contributed by atoms with Crippen LogP contribution in [0.4, 0.5) is 5.69 Å². The first-order valence-corrected chi connectivity index (χ1v) is 10.5. The van der Waals surface area contributed by atoms with Crippen LogP contribution in [-0.2, 0) is 9.59 Å². The Hall–Kier alpha value is -4.20. The van der Waals surface area contributed by atoms with Gasteiger partial charge in [0.15, 0.2) is 11.5 Å². The highest BCUT2D eigenvalue weighted by Gasteiger charge is 2.48. The number of aliphatic hydroxyl groups excluding tert-OH is 1. The standard InChI is InChI=1S/C26H25NO7/c1-14-12-20(32-4)15(2)11-17(14)24(28)22-23(19-7-6-10-34-19)27(26(30)25(22)29)16-8-9-18(31-3)21(13-16)33-5/h6-13,23,28H,1-5H3/b24-22-.